The molecule has 6 heteroatoms. The molecule has 0 N–H and O–H groups in total. The molecule has 0 aliphatic heterocycles. The Bertz CT molecular complexity index is 516. The molecule has 0 heterocycles. The third kappa shape index (κ3) is 4.63. The van der Waals surface area contributed by atoms with E-state index in [2.05, 4.69) is 0 Å². The predicted molar refractivity (Wildman–Crippen MR) is 80.8 cm³/mol. The highest BCUT2D eigenvalue weighted by molar-refractivity contribution is 6.31. The minimum atomic E-state index is -0.444. The summed E-state index contributed by atoms with van der Waals surface area (Å²) in [7, 11) is 1.48. The van der Waals surface area contributed by atoms with Crippen molar-refractivity contribution in [2.45, 2.75) is 26.8 Å². The van der Waals surface area contributed by atoms with Crippen LogP contribution in [0, 0.1) is 0 Å². The van der Waals surface area contributed by atoms with Gasteiger partial charge in [-0.2, -0.15) is 0 Å². The molecule has 0 unspecified atom stereocenters. The Hall–Kier alpha value is -1.75. The van der Waals surface area contributed by atoms with Gasteiger partial charge < -0.3 is 14.4 Å². The SMILES string of the molecule is CCOC(=O)CN(C(=O)c1cc(Cl)ccc1OC)C(C)C. The monoisotopic (exact) mass is 313 g/mol. The molecule has 1 rings (SSSR count). The highest BCUT2D eigenvalue weighted by Gasteiger charge is 2.24. The van der Waals surface area contributed by atoms with Gasteiger partial charge in [0.05, 0.1) is 19.3 Å². The lowest BCUT2D eigenvalue weighted by Crippen LogP contribution is -2.41. The molecule has 0 saturated carbocycles. The zero-order valence-electron chi connectivity index (χ0n) is 12.7. The molecule has 0 spiro atoms. The quantitative estimate of drug-likeness (QED) is 0.758. The second-order valence-electron chi connectivity index (χ2n) is 4.68. The van der Waals surface area contributed by atoms with E-state index in [0.29, 0.717) is 16.3 Å². The summed E-state index contributed by atoms with van der Waals surface area (Å²) in [5.74, 6) is -0.350. The third-order valence-corrected chi connectivity index (χ3v) is 3.12. The average Bonchev–Trinajstić information content (AvgIpc) is 2.44. The second-order valence-corrected chi connectivity index (χ2v) is 5.11. The fraction of sp³-hybridized carbons (Fsp3) is 0.467. The topological polar surface area (TPSA) is 55.8 Å². The Kier molecular flexibility index (Phi) is 6.49. The zero-order valence-corrected chi connectivity index (χ0v) is 13.4. The van der Waals surface area contributed by atoms with Gasteiger partial charge in [0.15, 0.2) is 0 Å². The number of methoxy groups -OCH3 is 1. The van der Waals surface area contributed by atoms with Crippen molar-refractivity contribution in [3.8, 4) is 5.75 Å². The molecule has 21 heavy (non-hydrogen) atoms. The Labute approximate surface area is 129 Å². The van der Waals surface area contributed by atoms with Crippen molar-refractivity contribution in [1.82, 2.24) is 4.90 Å². The van der Waals surface area contributed by atoms with Gasteiger partial charge in [-0.3, -0.25) is 9.59 Å². The van der Waals surface area contributed by atoms with E-state index in [1.54, 1.807) is 19.1 Å². The van der Waals surface area contributed by atoms with Crippen LogP contribution in [-0.4, -0.2) is 43.1 Å². The van der Waals surface area contributed by atoms with Crippen molar-refractivity contribution < 1.29 is 19.1 Å². The average molecular weight is 314 g/mol. The number of ether oxygens (including phenoxy) is 2. The van der Waals surface area contributed by atoms with Crippen LogP contribution in [0.2, 0.25) is 5.02 Å². The summed E-state index contributed by atoms with van der Waals surface area (Å²) in [5, 5.41) is 0.430. The van der Waals surface area contributed by atoms with E-state index < -0.39 is 5.97 Å². The van der Waals surface area contributed by atoms with Crippen molar-refractivity contribution in [3.63, 3.8) is 0 Å². The summed E-state index contributed by atoms with van der Waals surface area (Å²) in [6.45, 7) is 5.54. The van der Waals surface area contributed by atoms with Gasteiger partial charge in [0.2, 0.25) is 0 Å². The van der Waals surface area contributed by atoms with E-state index in [4.69, 9.17) is 21.1 Å². The van der Waals surface area contributed by atoms with Gasteiger partial charge in [0.1, 0.15) is 12.3 Å². The number of hydrogen-bond acceptors (Lipinski definition) is 4. The van der Waals surface area contributed by atoms with Crippen molar-refractivity contribution in [2.75, 3.05) is 20.3 Å². The molecular weight excluding hydrogens is 294 g/mol. The van der Waals surface area contributed by atoms with E-state index in [9.17, 15) is 9.59 Å². The van der Waals surface area contributed by atoms with E-state index in [1.807, 2.05) is 13.8 Å². The number of esters is 1. The first-order chi connectivity index (χ1) is 9.90. The summed E-state index contributed by atoms with van der Waals surface area (Å²) in [4.78, 5) is 25.7. The Morgan fingerprint density at radius 2 is 2.00 bits per heavy atom. The molecule has 5 nitrogen and oxygen atoms in total. The molecule has 0 aliphatic carbocycles. The normalized spacial score (nSPS) is 10.4. The molecule has 1 aromatic carbocycles. The maximum Gasteiger partial charge on any atom is 0.325 e. The number of nitrogens with zero attached hydrogens (tertiary/aromatic N) is 1. The second kappa shape index (κ2) is 7.88. The van der Waals surface area contributed by atoms with Gasteiger partial charge in [0, 0.05) is 11.1 Å². The molecule has 1 amide bonds. The lowest BCUT2D eigenvalue weighted by atomic mass is 10.1. The third-order valence-electron chi connectivity index (χ3n) is 2.88. The molecule has 0 fully saturated rings. The van der Waals surface area contributed by atoms with Crippen molar-refractivity contribution in [2.24, 2.45) is 0 Å². The Morgan fingerprint density at radius 1 is 1.33 bits per heavy atom. The summed E-state index contributed by atoms with van der Waals surface area (Å²) in [5.41, 5.74) is 0.322. The summed E-state index contributed by atoms with van der Waals surface area (Å²) >= 11 is 5.94. The molecule has 0 aromatic heterocycles. The Morgan fingerprint density at radius 3 is 2.52 bits per heavy atom. The van der Waals surface area contributed by atoms with Gasteiger partial charge in [-0.15, -0.1) is 0 Å². The van der Waals surface area contributed by atoms with Crippen LogP contribution in [0.4, 0.5) is 0 Å². The smallest absolute Gasteiger partial charge is 0.325 e. The van der Waals surface area contributed by atoms with E-state index in [0.717, 1.165) is 0 Å². The minimum absolute atomic E-state index is 0.111. The van der Waals surface area contributed by atoms with Crippen molar-refractivity contribution in [1.29, 1.82) is 0 Å². The summed E-state index contributed by atoms with van der Waals surface area (Å²) in [6.07, 6.45) is 0. The zero-order chi connectivity index (χ0) is 16.0. The molecule has 116 valence electrons. The molecular formula is C15H20ClNO4. The van der Waals surface area contributed by atoms with E-state index in [-0.39, 0.29) is 25.1 Å². The van der Waals surface area contributed by atoms with Crippen molar-refractivity contribution in [3.05, 3.63) is 28.8 Å². The minimum Gasteiger partial charge on any atom is -0.496 e. The van der Waals surface area contributed by atoms with Crippen molar-refractivity contribution >= 4 is 23.5 Å². The van der Waals surface area contributed by atoms with Gasteiger partial charge in [0.25, 0.3) is 5.91 Å². The van der Waals surface area contributed by atoms with Gasteiger partial charge in [-0.1, -0.05) is 11.6 Å². The lowest BCUT2D eigenvalue weighted by Gasteiger charge is -2.26. The highest BCUT2D eigenvalue weighted by atomic mass is 35.5. The highest BCUT2D eigenvalue weighted by Crippen LogP contribution is 2.24. The fourth-order valence-corrected chi connectivity index (χ4v) is 2.01. The van der Waals surface area contributed by atoms with Crippen LogP contribution < -0.4 is 4.74 Å². The van der Waals surface area contributed by atoms with Crippen LogP contribution in [0.5, 0.6) is 5.75 Å². The molecule has 0 aliphatic rings. The largest absolute Gasteiger partial charge is 0.496 e. The van der Waals surface area contributed by atoms with Crippen LogP contribution in [0.25, 0.3) is 0 Å². The molecule has 0 radical (unpaired) electrons. The van der Waals surface area contributed by atoms with E-state index >= 15 is 0 Å². The van der Waals surface area contributed by atoms with Crippen LogP contribution in [-0.2, 0) is 9.53 Å². The van der Waals surface area contributed by atoms with Crippen LogP contribution in [0.15, 0.2) is 18.2 Å². The Balaban J connectivity index is 3.06. The van der Waals surface area contributed by atoms with Gasteiger partial charge in [-0.25, -0.2) is 0 Å². The molecule has 0 atom stereocenters. The predicted octanol–water partition coefficient (Wildman–Crippen LogP) is 2.76. The number of rotatable bonds is 6. The summed E-state index contributed by atoms with van der Waals surface area (Å²) in [6, 6.07) is 4.63. The number of carbonyl (C=O) groups excluding carboxylic acids is 2. The lowest BCUT2D eigenvalue weighted by molar-refractivity contribution is -0.144. The van der Waals surface area contributed by atoms with Crippen LogP contribution >= 0.6 is 11.6 Å². The number of benzene rings is 1. The maximum atomic E-state index is 12.6. The standard InChI is InChI=1S/C15H20ClNO4/c1-5-21-14(18)9-17(10(2)3)15(19)12-8-11(16)6-7-13(12)20-4/h6-8,10H,5,9H2,1-4H3. The molecule has 0 bridgehead atoms. The number of amides is 1. The maximum absolute atomic E-state index is 12.6. The molecule has 1 aromatic rings. The first kappa shape index (κ1) is 17.3. The van der Waals surface area contributed by atoms with E-state index in [1.165, 1.54) is 18.1 Å². The number of carbonyl (C=O) groups is 2. The van der Waals surface area contributed by atoms with Gasteiger partial charge >= 0.3 is 5.97 Å². The fourth-order valence-electron chi connectivity index (χ4n) is 1.84. The number of hydrogen-bond donors (Lipinski definition) is 0. The first-order valence-corrected chi connectivity index (χ1v) is 7.08. The van der Waals surface area contributed by atoms with Crippen LogP contribution in [0.3, 0.4) is 0 Å². The molecule has 0 saturated heterocycles. The van der Waals surface area contributed by atoms with Gasteiger partial charge in [-0.05, 0) is 39.0 Å². The summed E-state index contributed by atoms with van der Waals surface area (Å²) < 4.78 is 10.1. The number of halogens is 1. The van der Waals surface area contributed by atoms with Crippen LogP contribution in [0.1, 0.15) is 31.1 Å². The first-order valence-electron chi connectivity index (χ1n) is 6.70.